The monoisotopic (exact) mass is 458 g/mol. The average molecular weight is 459 g/mol. The number of hydrogen-bond acceptors (Lipinski definition) is 6. The van der Waals surface area contributed by atoms with Crippen LogP contribution in [0.1, 0.15) is 6.92 Å². The summed E-state index contributed by atoms with van der Waals surface area (Å²) < 4.78 is 11.1. The number of ether oxygens (including phenoxy) is 2. The van der Waals surface area contributed by atoms with Gasteiger partial charge in [0.25, 0.3) is 0 Å². The van der Waals surface area contributed by atoms with Gasteiger partial charge < -0.3 is 20.1 Å². The summed E-state index contributed by atoms with van der Waals surface area (Å²) in [6.45, 7) is 6.04. The molecule has 0 radical (unpaired) electrons. The lowest BCUT2D eigenvalue weighted by atomic mass is 10.2. The topological polar surface area (TPSA) is 83.1 Å². The van der Waals surface area contributed by atoms with Crippen molar-refractivity contribution in [2.75, 3.05) is 56.6 Å². The van der Waals surface area contributed by atoms with Gasteiger partial charge in [0, 0.05) is 37.9 Å². The first-order chi connectivity index (χ1) is 15.5. The van der Waals surface area contributed by atoms with Gasteiger partial charge in [-0.3, -0.25) is 19.4 Å². The number of fused-ring (bicyclic) bond motifs is 1. The Morgan fingerprint density at radius 1 is 1.00 bits per heavy atom. The lowest BCUT2D eigenvalue weighted by Gasteiger charge is -2.37. The molecule has 0 unspecified atom stereocenters. The molecule has 9 heteroatoms. The molecule has 32 heavy (non-hydrogen) atoms. The van der Waals surface area contributed by atoms with Gasteiger partial charge >= 0.3 is 0 Å². The first kappa shape index (κ1) is 22.4. The predicted molar refractivity (Wildman–Crippen MR) is 124 cm³/mol. The number of rotatable bonds is 6. The first-order valence-electron chi connectivity index (χ1n) is 10.7. The summed E-state index contributed by atoms with van der Waals surface area (Å²) in [5.74, 6) is 1.16. The van der Waals surface area contributed by atoms with Crippen LogP contribution in [-0.2, 0) is 9.59 Å². The van der Waals surface area contributed by atoms with Gasteiger partial charge in [0.05, 0.1) is 23.3 Å². The van der Waals surface area contributed by atoms with Crippen LogP contribution in [0, 0.1) is 0 Å². The number of carbonyl (C=O) groups excluding carboxylic acids is 2. The van der Waals surface area contributed by atoms with Crippen molar-refractivity contribution in [1.29, 1.82) is 0 Å². The molecule has 0 aromatic heterocycles. The highest BCUT2D eigenvalue weighted by atomic mass is 35.5. The van der Waals surface area contributed by atoms with E-state index in [2.05, 4.69) is 20.4 Å². The van der Waals surface area contributed by atoms with E-state index in [1.165, 1.54) is 0 Å². The fourth-order valence-corrected chi connectivity index (χ4v) is 3.98. The summed E-state index contributed by atoms with van der Waals surface area (Å²) in [4.78, 5) is 29.3. The quantitative estimate of drug-likeness (QED) is 0.692. The van der Waals surface area contributed by atoms with E-state index in [1.807, 2.05) is 25.1 Å². The molecule has 2 N–H and O–H groups in total. The molecule has 0 saturated carbocycles. The van der Waals surface area contributed by atoms with E-state index >= 15 is 0 Å². The lowest BCUT2D eigenvalue weighted by molar-refractivity contribution is -0.122. The third-order valence-corrected chi connectivity index (χ3v) is 5.99. The Morgan fingerprint density at radius 2 is 1.72 bits per heavy atom. The van der Waals surface area contributed by atoms with Gasteiger partial charge in [-0.25, -0.2) is 0 Å². The predicted octanol–water partition coefficient (Wildman–Crippen LogP) is 2.69. The molecule has 1 atom stereocenters. The molecule has 8 nitrogen and oxygen atoms in total. The van der Waals surface area contributed by atoms with Crippen molar-refractivity contribution < 1.29 is 19.1 Å². The summed E-state index contributed by atoms with van der Waals surface area (Å²) in [5, 5.41) is 6.33. The Kier molecular flexibility index (Phi) is 7.14. The smallest absolute Gasteiger partial charge is 0.241 e. The molecule has 2 aliphatic rings. The van der Waals surface area contributed by atoms with Crippen LogP contribution in [0.2, 0.25) is 5.02 Å². The summed E-state index contributed by atoms with van der Waals surface area (Å²) in [7, 11) is 0. The third kappa shape index (κ3) is 5.51. The minimum absolute atomic E-state index is 0.0772. The molecule has 170 valence electrons. The average Bonchev–Trinajstić information content (AvgIpc) is 2.80. The number of carbonyl (C=O) groups is 2. The maximum Gasteiger partial charge on any atom is 0.241 e. The van der Waals surface area contributed by atoms with Crippen molar-refractivity contribution in [3.8, 4) is 11.5 Å². The molecule has 0 aliphatic carbocycles. The van der Waals surface area contributed by atoms with E-state index in [9.17, 15) is 9.59 Å². The van der Waals surface area contributed by atoms with Gasteiger partial charge in [-0.05, 0) is 31.2 Å². The molecular weight excluding hydrogens is 432 g/mol. The minimum atomic E-state index is -0.290. The van der Waals surface area contributed by atoms with E-state index in [0.717, 1.165) is 0 Å². The molecule has 2 aromatic rings. The summed E-state index contributed by atoms with van der Waals surface area (Å²) in [6.07, 6.45) is 0. The van der Waals surface area contributed by atoms with Gasteiger partial charge in [-0.15, -0.1) is 0 Å². The SMILES string of the molecule is C[C@H](C(=O)Nc1ccc2c(c1)OCCO2)N1CCN(CC(=O)Nc2ccccc2Cl)CC1. The van der Waals surface area contributed by atoms with Crippen molar-refractivity contribution in [3.63, 3.8) is 0 Å². The molecule has 2 amide bonds. The van der Waals surface area contributed by atoms with Crippen molar-refractivity contribution in [3.05, 3.63) is 47.5 Å². The molecule has 2 aromatic carbocycles. The molecular formula is C23H27ClN4O4. The maximum atomic E-state index is 12.8. The van der Waals surface area contributed by atoms with Crippen LogP contribution in [0.4, 0.5) is 11.4 Å². The number of amides is 2. The highest BCUT2D eigenvalue weighted by molar-refractivity contribution is 6.33. The summed E-state index contributed by atoms with van der Waals surface area (Å²) >= 11 is 6.10. The fourth-order valence-electron chi connectivity index (χ4n) is 3.80. The maximum absolute atomic E-state index is 12.8. The third-order valence-electron chi connectivity index (χ3n) is 5.66. The highest BCUT2D eigenvalue weighted by Crippen LogP contribution is 2.32. The largest absolute Gasteiger partial charge is 0.486 e. The minimum Gasteiger partial charge on any atom is -0.486 e. The summed E-state index contributed by atoms with van der Waals surface area (Å²) in [5.41, 5.74) is 1.29. The number of anilines is 2. The zero-order valence-corrected chi connectivity index (χ0v) is 18.7. The van der Waals surface area contributed by atoms with Crippen molar-refractivity contribution in [2.45, 2.75) is 13.0 Å². The van der Waals surface area contributed by atoms with E-state index in [-0.39, 0.29) is 24.4 Å². The number of piperazine rings is 1. The van der Waals surface area contributed by atoms with Crippen LogP contribution < -0.4 is 20.1 Å². The van der Waals surface area contributed by atoms with Gasteiger partial charge in [0.1, 0.15) is 13.2 Å². The molecule has 2 aliphatic heterocycles. The number of benzene rings is 2. The number of para-hydroxylation sites is 1. The second-order valence-electron chi connectivity index (χ2n) is 7.86. The van der Waals surface area contributed by atoms with Crippen molar-refractivity contribution in [1.82, 2.24) is 9.80 Å². The van der Waals surface area contributed by atoms with Gasteiger partial charge in [-0.1, -0.05) is 23.7 Å². The van der Waals surface area contributed by atoms with Crippen LogP contribution in [0.5, 0.6) is 11.5 Å². The van der Waals surface area contributed by atoms with E-state index in [4.69, 9.17) is 21.1 Å². The van der Waals surface area contributed by atoms with E-state index < -0.39 is 0 Å². The Hall–Kier alpha value is -2.81. The number of nitrogens with zero attached hydrogens (tertiary/aromatic N) is 2. The Labute approximate surface area is 192 Å². The number of halogens is 1. The Balaban J connectivity index is 1.24. The van der Waals surface area contributed by atoms with Gasteiger partial charge in [-0.2, -0.15) is 0 Å². The van der Waals surface area contributed by atoms with Crippen LogP contribution in [0.3, 0.4) is 0 Å². The highest BCUT2D eigenvalue weighted by Gasteiger charge is 2.26. The molecule has 1 saturated heterocycles. The normalized spacial score (nSPS) is 17.4. The zero-order chi connectivity index (χ0) is 22.5. The van der Waals surface area contributed by atoms with Gasteiger partial charge in [0.2, 0.25) is 11.8 Å². The molecule has 0 spiro atoms. The second-order valence-corrected chi connectivity index (χ2v) is 8.27. The number of hydrogen-bond donors (Lipinski definition) is 2. The van der Waals surface area contributed by atoms with Crippen LogP contribution in [0.25, 0.3) is 0 Å². The standard InChI is InChI=1S/C23H27ClN4O4/c1-16(23(30)25-17-6-7-20-21(14-17)32-13-12-31-20)28-10-8-27(9-11-28)15-22(29)26-19-5-3-2-4-18(19)24/h2-7,14,16H,8-13,15H2,1H3,(H,25,30)(H,26,29)/t16-/m1/s1. The lowest BCUT2D eigenvalue weighted by Crippen LogP contribution is -2.53. The molecule has 1 fully saturated rings. The molecule has 0 bridgehead atoms. The second kappa shape index (κ2) is 10.2. The zero-order valence-electron chi connectivity index (χ0n) is 18.0. The van der Waals surface area contributed by atoms with Crippen LogP contribution >= 0.6 is 11.6 Å². The van der Waals surface area contributed by atoms with Crippen molar-refractivity contribution in [2.24, 2.45) is 0 Å². The Bertz CT molecular complexity index is 978. The van der Waals surface area contributed by atoms with Gasteiger partial charge in [0.15, 0.2) is 11.5 Å². The Morgan fingerprint density at radius 3 is 2.47 bits per heavy atom. The van der Waals surface area contributed by atoms with Crippen LogP contribution in [0.15, 0.2) is 42.5 Å². The van der Waals surface area contributed by atoms with E-state index in [1.54, 1.807) is 24.3 Å². The molecule has 2 heterocycles. The van der Waals surface area contributed by atoms with E-state index in [0.29, 0.717) is 67.3 Å². The first-order valence-corrected chi connectivity index (χ1v) is 11.1. The number of nitrogens with one attached hydrogen (secondary N) is 2. The molecule has 4 rings (SSSR count). The fraction of sp³-hybridized carbons (Fsp3) is 0.391. The van der Waals surface area contributed by atoms with Crippen LogP contribution in [-0.4, -0.2) is 73.6 Å². The summed E-state index contributed by atoms with van der Waals surface area (Å²) in [6, 6.07) is 12.3. The van der Waals surface area contributed by atoms with Crippen molar-refractivity contribution >= 4 is 34.8 Å².